The van der Waals surface area contributed by atoms with Crippen LogP contribution in [-0.2, 0) is 11.2 Å². The molecule has 1 aromatic rings. The highest BCUT2D eigenvalue weighted by atomic mass is 35.5. The average Bonchev–Trinajstić information content (AvgIpc) is 2.54. The fraction of sp³-hybridized carbons (Fsp3) is 0.357. The minimum Gasteiger partial charge on any atom is -0.369 e. The Hall–Kier alpha value is -1.32. The number of rotatable bonds is 3. The molecule has 0 saturated carbocycles. The van der Waals surface area contributed by atoms with Crippen molar-refractivity contribution in [1.29, 1.82) is 0 Å². The number of hydrogen-bond acceptors (Lipinski definition) is 2. The van der Waals surface area contributed by atoms with Gasteiger partial charge in [0.1, 0.15) is 0 Å². The molecule has 0 saturated heterocycles. The Morgan fingerprint density at radius 2 is 1.89 bits per heavy atom. The van der Waals surface area contributed by atoms with E-state index in [1.54, 1.807) is 13.8 Å². The van der Waals surface area contributed by atoms with Crippen molar-refractivity contribution in [2.75, 3.05) is 6.54 Å². The van der Waals surface area contributed by atoms with E-state index in [0.29, 0.717) is 23.6 Å². The van der Waals surface area contributed by atoms with E-state index in [4.69, 9.17) is 11.6 Å². The van der Waals surface area contributed by atoms with Crippen LogP contribution in [-0.4, -0.2) is 28.7 Å². The van der Waals surface area contributed by atoms with Gasteiger partial charge in [-0.25, -0.2) is 0 Å². The Balaban J connectivity index is 2.00. The average molecular weight is 266 g/mol. The van der Waals surface area contributed by atoms with Gasteiger partial charge in [-0.2, -0.15) is 0 Å². The number of amides is 1. The molecule has 0 spiro atoms. The third kappa shape index (κ3) is 2.42. The molecule has 1 heterocycles. The highest BCUT2D eigenvalue weighted by molar-refractivity contribution is 6.30. The predicted molar refractivity (Wildman–Crippen MR) is 71.2 cm³/mol. The third-order valence-electron chi connectivity index (χ3n) is 3.41. The first-order valence-corrected chi connectivity index (χ1v) is 6.29. The highest BCUT2D eigenvalue weighted by Gasteiger charge is 2.32. The number of aliphatic hydroxyl groups is 1. The van der Waals surface area contributed by atoms with Crippen molar-refractivity contribution < 1.29 is 9.90 Å². The van der Waals surface area contributed by atoms with Gasteiger partial charge in [-0.05, 0) is 43.5 Å². The molecule has 3 nitrogen and oxygen atoms in total. The summed E-state index contributed by atoms with van der Waals surface area (Å²) in [5.74, 6) is -0.0750. The normalized spacial score (nSPS) is 19.9. The Kier molecular flexibility index (Phi) is 3.73. The van der Waals surface area contributed by atoms with Gasteiger partial charge >= 0.3 is 0 Å². The van der Waals surface area contributed by atoms with Gasteiger partial charge in [0, 0.05) is 17.1 Å². The van der Waals surface area contributed by atoms with Crippen molar-refractivity contribution in [3.05, 3.63) is 46.0 Å². The van der Waals surface area contributed by atoms with Crippen LogP contribution in [0.2, 0.25) is 5.02 Å². The van der Waals surface area contributed by atoms with Gasteiger partial charge in [-0.15, -0.1) is 0 Å². The zero-order valence-electron chi connectivity index (χ0n) is 10.5. The highest BCUT2D eigenvalue weighted by Crippen LogP contribution is 2.23. The second-order valence-electron chi connectivity index (χ2n) is 4.56. The first kappa shape index (κ1) is 13.1. The molecule has 0 fully saturated rings. The lowest BCUT2D eigenvalue weighted by molar-refractivity contribution is -0.131. The van der Waals surface area contributed by atoms with E-state index in [1.165, 1.54) is 4.90 Å². The summed E-state index contributed by atoms with van der Waals surface area (Å²) in [7, 11) is 0. The van der Waals surface area contributed by atoms with Crippen LogP contribution in [0.1, 0.15) is 19.4 Å². The Bertz CT molecular complexity index is 493. The van der Waals surface area contributed by atoms with Crippen molar-refractivity contribution in [2.45, 2.75) is 26.5 Å². The quantitative estimate of drug-likeness (QED) is 0.912. The molecular weight excluding hydrogens is 250 g/mol. The summed E-state index contributed by atoms with van der Waals surface area (Å²) < 4.78 is 0. The monoisotopic (exact) mass is 265 g/mol. The molecule has 1 unspecified atom stereocenters. The summed E-state index contributed by atoms with van der Waals surface area (Å²) in [5.41, 5.74) is 2.50. The van der Waals surface area contributed by atoms with E-state index in [0.717, 1.165) is 11.1 Å². The maximum absolute atomic E-state index is 11.9. The molecule has 18 heavy (non-hydrogen) atoms. The molecule has 1 aliphatic heterocycles. The zero-order valence-corrected chi connectivity index (χ0v) is 11.2. The standard InChI is InChI=1S/C14H16ClNO2/c1-9-10(2)14(18)16(13(9)17)8-7-11-3-5-12(15)6-4-11/h3-6,13,17H,7-8H2,1-2H3. The maximum Gasteiger partial charge on any atom is 0.251 e. The molecule has 1 aromatic carbocycles. The van der Waals surface area contributed by atoms with E-state index in [-0.39, 0.29) is 5.91 Å². The zero-order chi connectivity index (χ0) is 13.3. The van der Waals surface area contributed by atoms with E-state index in [1.807, 2.05) is 24.3 Å². The second kappa shape index (κ2) is 5.12. The van der Waals surface area contributed by atoms with Crippen molar-refractivity contribution in [3.63, 3.8) is 0 Å². The molecule has 96 valence electrons. The summed E-state index contributed by atoms with van der Waals surface area (Å²) >= 11 is 5.81. The Morgan fingerprint density at radius 1 is 1.28 bits per heavy atom. The van der Waals surface area contributed by atoms with Crippen LogP contribution in [0.15, 0.2) is 35.4 Å². The molecular formula is C14H16ClNO2. The summed E-state index contributed by atoms with van der Waals surface area (Å²) in [6, 6.07) is 7.52. The smallest absolute Gasteiger partial charge is 0.251 e. The number of aliphatic hydroxyl groups excluding tert-OH is 1. The number of carbonyl (C=O) groups excluding carboxylic acids is 1. The van der Waals surface area contributed by atoms with Gasteiger partial charge < -0.3 is 10.0 Å². The molecule has 2 rings (SSSR count). The Labute approximate surface area is 112 Å². The minimum atomic E-state index is -0.773. The number of carbonyl (C=O) groups is 1. The van der Waals surface area contributed by atoms with Gasteiger partial charge in [-0.1, -0.05) is 23.7 Å². The second-order valence-corrected chi connectivity index (χ2v) is 4.99. The van der Waals surface area contributed by atoms with Gasteiger partial charge in [0.25, 0.3) is 5.91 Å². The molecule has 0 aromatic heterocycles. The lowest BCUT2D eigenvalue weighted by Gasteiger charge is -2.21. The van der Waals surface area contributed by atoms with E-state index < -0.39 is 6.23 Å². The van der Waals surface area contributed by atoms with Gasteiger partial charge in [0.2, 0.25) is 0 Å². The summed E-state index contributed by atoms with van der Waals surface area (Å²) in [6.45, 7) is 4.06. The van der Waals surface area contributed by atoms with Crippen molar-refractivity contribution in [2.24, 2.45) is 0 Å². The largest absolute Gasteiger partial charge is 0.369 e. The third-order valence-corrected chi connectivity index (χ3v) is 3.66. The lowest BCUT2D eigenvalue weighted by atomic mass is 10.1. The van der Waals surface area contributed by atoms with Crippen LogP contribution in [0.4, 0.5) is 0 Å². The van der Waals surface area contributed by atoms with Crippen LogP contribution in [0.5, 0.6) is 0 Å². The summed E-state index contributed by atoms with van der Waals surface area (Å²) in [4.78, 5) is 13.4. The number of hydrogen-bond donors (Lipinski definition) is 1. The van der Waals surface area contributed by atoms with Crippen LogP contribution in [0, 0.1) is 0 Å². The van der Waals surface area contributed by atoms with Gasteiger partial charge in [0.15, 0.2) is 6.23 Å². The number of benzene rings is 1. The fourth-order valence-corrected chi connectivity index (χ4v) is 2.17. The lowest BCUT2D eigenvalue weighted by Crippen LogP contribution is -2.36. The molecule has 1 aliphatic rings. The number of halogens is 1. The van der Waals surface area contributed by atoms with Crippen LogP contribution >= 0.6 is 11.6 Å². The fourth-order valence-electron chi connectivity index (χ4n) is 2.05. The SMILES string of the molecule is CC1=C(C)C(O)N(CCc2ccc(Cl)cc2)C1=O. The molecule has 1 amide bonds. The summed E-state index contributed by atoms with van der Waals surface area (Å²) in [6.07, 6.45) is -0.0645. The van der Waals surface area contributed by atoms with Crippen molar-refractivity contribution in [3.8, 4) is 0 Å². The first-order valence-electron chi connectivity index (χ1n) is 5.91. The predicted octanol–water partition coefficient (Wildman–Crippen LogP) is 2.38. The molecule has 1 N–H and O–H groups in total. The van der Waals surface area contributed by atoms with Crippen LogP contribution < -0.4 is 0 Å². The molecule has 0 aliphatic carbocycles. The topological polar surface area (TPSA) is 40.5 Å². The first-order chi connectivity index (χ1) is 8.50. The van der Waals surface area contributed by atoms with E-state index in [9.17, 15) is 9.90 Å². The molecule has 0 radical (unpaired) electrons. The van der Waals surface area contributed by atoms with Crippen LogP contribution in [0.3, 0.4) is 0 Å². The Morgan fingerprint density at radius 3 is 2.39 bits per heavy atom. The molecule has 1 atom stereocenters. The summed E-state index contributed by atoms with van der Waals surface area (Å²) in [5, 5.41) is 10.6. The maximum atomic E-state index is 11.9. The van der Waals surface area contributed by atoms with Gasteiger partial charge in [0.05, 0.1) is 0 Å². The van der Waals surface area contributed by atoms with E-state index >= 15 is 0 Å². The molecule has 0 bridgehead atoms. The molecule has 4 heteroatoms. The van der Waals surface area contributed by atoms with Crippen molar-refractivity contribution >= 4 is 17.5 Å². The van der Waals surface area contributed by atoms with Crippen LogP contribution in [0.25, 0.3) is 0 Å². The minimum absolute atomic E-state index is 0.0750. The number of nitrogens with zero attached hydrogens (tertiary/aromatic N) is 1. The van der Waals surface area contributed by atoms with E-state index in [2.05, 4.69) is 0 Å². The van der Waals surface area contributed by atoms with Crippen molar-refractivity contribution in [1.82, 2.24) is 4.90 Å². The van der Waals surface area contributed by atoms with Gasteiger partial charge in [-0.3, -0.25) is 4.79 Å².